The third-order valence-electron chi connectivity index (χ3n) is 5.30. The van der Waals surface area contributed by atoms with Gasteiger partial charge in [0, 0.05) is 43.6 Å². The lowest BCUT2D eigenvalue weighted by atomic mass is 9.66. The van der Waals surface area contributed by atoms with E-state index in [-0.39, 0.29) is 0 Å². The Morgan fingerprint density at radius 3 is 2.39 bits per heavy atom. The Balaban J connectivity index is 1.49. The molecule has 3 saturated heterocycles. The van der Waals surface area contributed by atoms with Crippen molar-refractivity contribution >= 4 is 5.90 Å². The molecule has 1 aliphatic carbocycles. The molecular formula is C15H22N2O. The zero-order valence-electron chi connectivity index (χ0n) is 11.4. The van der Waals surface area contributed by atoms with Gasteiger partial charge in [0.1, 0.15) is 6.10 Å². The molecule has 3 nitrogen and oxygen atoms in total. The molecule has 5 atom stereocenters. The summed E-state index contributed by atoms with van der Waals surface area (Å²) in [5, 5.41) is 0. The average molecular weight is 246 g/mol. The molecule has 98 valence electrons. The highest BCUT2D eigenvalue weighted by atomic mass is 16.5. The second-order valence-electron chi connectivity index (χ2n) is 6.71. The van der Waals surface area contributed by atoms with Crippen LogP contribution in [0, 0.1) is 17.8 Å². The van der Waals surface area contributed by atoms with E-state index in [9.17, 15) is 0 Å². The first-order chi connectivity index (χ1) is 8.69. The van der Waals surface area contributed by atoms with E-state index in [1.165, 1.54) is 38.0 Å². The normalized spacial score (nSPS) is 45.7. The average Bonchev–Trinajstić information content (AvgIpc) is 2.62. The van der Waals surface area contributed by atoms with Crippen LogP contribution in [-0.2, 0) is 4.74 Å². The van der Waals surface area contributed by atoms with E-state index < -0.39 is 0 Å². The van der Waals surface area contributed by atoms with Gasteiger partial charge in [-0.15, -0.1) is 0 Å². The van der Waals surface area contributed by atoms with Gasteiger partial charge in [-0.1, -0.05) is 0 Å². The zero-order valence-corrected chi connectivity index (χ0v) is 11.4. The maximum atomic E-state index is 6.31. The monoisotopic (exact) mass is 246 g/mol. The SMILES string of the molecule is CC1=C(C)N=C(OC2C3CC4C[C@H]2CN(C4)C3)C1. The van der Waals surface area contributed by atoms with Crippen LogP contribution in [0.2, 0.25) is 0 Å². The number of rotatable bonds is 1. The molecule has 1 saturated carbocycles. The maximum absolute atomic E-state index is 6.31. The quantitative estimate of drug-likeness (QED) is 0.710. The number of hydrogen-bond donors (Lipinski definition) is 0. The van der Waals surface area contributed by atoms with Crippen molar-refractivity contribution in [1.82, 2.24) is 4.90 Å². The predicted octanol–water partition coefficient (Wildman–Crippen LogP) is 2.44. The highest BCUT2D eigenvalue weighted by Gasteiger charge is 2.49. The third kappa shape index (κ3) is 1.63. The minimum Gasteiger partial charge on any atom is -0.476 e. The van der Waals surface area contributed by atoms with Crippen LogP contribution in [0.25, 0.3) is 0 Å². The standard InChI is InChI=1S/C15H22N2O/c1-9-3-14(16-10(9)2)18-15-12-4-11-5-13(15)8-17(6-11)7-12/h11-13,15H,3-8H2,1-2H3/t11?,12-,13?,15?/m0/s1. The van der Waals surface area contributed by atoms with Crippen LogP contribution in [0.3, 0.4) is 0 Å². The zero-order chi connectivity index (χ0) is 12.3. The Morgan fingerprint density at radius 2 is 1.83 bits per heavy atom. The third-order valence-corrected chi connectivity index (χ3v) is 5.30. The number of hydrogen-bond acceptors (Lipinski definition) is 3. The van der Waals surface area contributed by atoms with Gasteiger partial charge in [0.2, 0.25) is 0 Å². The van der Waals surface area contributed by atoms with E-state index in [0.29, 0.717) is 6.10 Å². The maximum Gasteiger partial charge on any atom is 0.192 e. The largest absolute Gasteiger partial charge is 0.476 e. The van der Waals surface area contributed by atoms with Crippen molar-refractivity contribution in [3.63, 3.8) is 0 Å². The summed E-state index contributed by atoms with van der Waals surface area (Å²) in [6.07, 6.45) is 4.16. The number of ether oxygens (including phenoxy) is 1. The lowest BCUT2D eigenvalue weighted by Crippen LogP contribution is -2.60. The number of nitrogens with zero attached hydrogens (tertiary/aromatic N) is 2. The lowest BCUT2D eigenvalue weighted by Gasteiger charge is -2.55. The van der Waals surface area contributed by atoms with Crippen molar-refractivity contribution in [3.05, 3.63) is 11.3 Å². The van der Waals surface area contributed by atoms with Crippen LogP contribution in [0.4, 0.5) is 0 Å². The molecule has 0 amide bonds. The Labute approximate surface area is 109 Å². The molecule has 0 spiro atoms. The second-order valence-corrected chi connectivity index (χ2v) is 6.71. The van der Waals surface area contributed by atoms with Crippen LogP contribution in [0.5, 0.6) is 0 Å². The summed E-state index contributed by atoms with van der Waals surface area (Å²) in [4.78, 5) is 7.23. The first-order valence-electron chi connectivity index (χ1n) is 7.32. The van der Waals surface area contributed by atoms with Crippen molar-refractivity contribution in [3.8, 4) is 0 Å². The first-order valence-corrected chi connectivity index (χ1v) is 7.32. The minimum absolute atomic E-state index is 0.454. The molecular weight excluding hydrogens is 224 g/mol. The van der Waals surface area contributed by atoms with Crippen molar-refractivity contribution in [2.75, 3.05) is 19.6 Å². The Hall–Kier alpha value is -0.830. The van der Waals surface area contributed by atoms with E-state index in [1.807, 2.05) is 0 Å². The number of piperidine rings is 3. The van der Waals surface area contributed by atoms with Crippen LogP contribution in [0.15, 0.2) is 16.3 Å². The van der Waals surface area contributed by atoms with Crippen LogP contribution in [0.1, 0.15) is 33.1 Å². The van der Waals surface area contributed by atoms with E-state index in [0.717, 1.165) is 35.8 Å². The van der Waals surface area contributed by atoms with Crippen LogP contribution in [-0.4, -0.2) is 36.5 Å². The molecule has 4 unspecified atom stereocenters. The van der Waals surface area contributed by atoms with E-state index in [1.54, 1.807) is 0 Å². The summed E-state index contributed by atoms with van der Waals surface area (Å²) >= 11 is 0. The van der Waals surface area contributed by atoms with Crippen LogP contribution >= 0.6 is 0 Å². The van der Waals surface area contributed by atoms with E-state index >= 15 is 0 Å². The first kappa shape index (κ1) is 11.0. The van der Waals surface area contributed by atoms with Gasteiger partial charge in [-0.3, -0.25) is 0 Å². The summed E-state index contributed by atoms with van der Waals surface area (Å²) in [5.41, 5.74) is 2.54. The summed E-state index contributed by atoms with van der Waals surface area (Å²) in [6.45, 7) is 8.12. The highest BCUT2D eigenvalue weighted by Crippen LogP contribution is 2.45. The Kier molecular flexibility index (Phi) is 2.35. The molecule has 4 bridgehead atoms. The molecule has 0 aromatic carbocycles. The highest BCUT2D eigenvalue weighted by molar-refractivity contribution is 5.82. The van der Waals surface area contributed by atoms with Crippen molar-refractivity contribution < 1.29 is 4.74 Å². The Bertz CT molecular complexity index is 410. The fraction of sp³-hybridized carbons (Fsp3) is 0.800. The number of aliphatic imine (C=N–C) groups is 1. The smallest absolute Gasteiger partial charge is 0.192 e. The van der Waals surface area contributed by atoms with E-state index in [2.05, 4.69) is 23.7 Å². The van der Waals surface area contributed by atoms with Gasteiger partial charge in [-0.25, -0.2) is 4.99 Å². The van der Waals surface area contributed by atoms with E-state index in [4.69, 9.17) is 4.74 Å². The van der Waals surface area contributed by atoms with Gasteiger partial charge in [0.05, 0.1) is 0 Å². The molecule has 3 heteroatoms. The fourth-order valence-electron chi connectivity index (χ4n) is 4.46. The molecule has 0 aromatic rings. The summed E-state index contributed by atoms with van der Waals surface area (Å²) in [6, 6.07) is 0. The van der Waals surface area contributed by atoms with Crippen molar-refractivity contribution in [1.29, 1.82) is 0 Å². The Morgan fingerprint density at radius 1 is 1.11 bits per heavy atom. The number of allylic oxidation sites excluding steroid dienone is 1. The summed E-state index contributed by atoms with van der Waals surface area (Å²) in [7, 11) is 0. The molecule has 4 aliphatic heterocycles. The predicted molar refractivity (Wildman–Crippen MR) is 71.4 cm³/mol. The molecule has 0 aromatic heterocycles. The van der Waals surface area contributed by atoms with Crippen LogP contribution < -0.4 is 0 Å². The summed E-state index contributed by atoms with van der Waals surface area (Å²) < 4.78 is 6.31. The van der Waals surface area contributed by atoms with Gasteiger partial charge < -0.3 is 9.64 Å². The van der Waals surface area contributed by atoms with Gasteiger partial charge in [-0.05, 0) is 38.2 Å². The lowest BCUT2D eigenvalue weighted by molar-refractivity contribution is -0.104. The van der Waals surface area contributed by atoms with Gasteiger partial charge in [0.15, 0.2) is 5.90 Å². The molecule has 0 radical (unpaired) electrons. The minimum atomic E-state index is 0.454. The second kappa shape index (κ2) is 3.83. The fourth-order valence-corrected chi connectivity index (χ4v) is 4.46. The van der Waals surface area contributed by atoms with Gasteiger partial charge in [-0.2, -0.15) is 0 Å². The van der Waals surface area contributed by atoms with Gasteiger partial charge in [0.25, 0.3) is 0 Å². The molecule has 18 heavy (non-hydrogen) atoms. The summed E-state index contributed by atoms with van der Waals surface area (Å²) in [5.74, 6) is 3.47. The van der Waals surface area contributed by atoms with Crippen molar-refractivity contribution in [2.45, 2.75) is 39.2 Å². The molecule has 5 aliphatic rings. The molecule has 4 fully saturated rings. The molecule has 4 heterocycles. The van der Waals surface area contributed by atoms with Crippen molar-refractivity contribution in [2.24, 2.45) is 22.7 Å². The van der Waals surface area contributed by atoms with Gasteiger partial charge >= 0.3 is 0 Å². The molecule has 5 rings (SSSR count). The topological polar surface area (TPSA) is 24.8 Å². The molecule has 0 N–H and O–H groups in total.